The quantitative estimate of drug-likeness (QED) is 0.469. The highest BCUT2D eigenvalue weighted by molar-refractivity contribution is 14.1. The van der Waals surface area contributed by atoms with Crippen molar-refractivity contribution in [1.82, 2.24) is 0 Å². The molecule has 1 fully saturated rings. The maximum Gasteiger partial charge on any atom is 0.293 e. The zero-order valence-corrected chi connectivity index (χ0v) is 13.6. The van der Waals surface area contributed by atoms with Gasteiger partial charge in [0.1, 0.15) is 5.69 Å². The summed E-state index contributed by atoms with van der Waals surface area (Å²) in [4.78, 5) is 10.8. The van der Waals surface area contributed by atoms with E-state index >= 15 is 0 Å². The van der Waals surface area contributed by atoms with E-state index in [9.17, 15) is 15.2 Å². The topological polar surface area (TPSA) is 75.4 Å². The van der Waals surface area contributed by atoms with Crippen LogP contribution in [0.2, 0.25) is 0 Å². The lowest BCUT2D eigenvalue weighted by Gasteiger charge is -2.39. The van der Waals surface area contributed by atoms with Crippen LogP contribution in [-0.4, -0.2) is 22.2 Å². The zero-order chi connectivity index (χ0) is 14.8. The molecule has 20 heavy (non-hydrogen) atoms. The van der Waals surface area contributed by atoms with Gasteiger partial charge in [-0.25, -0.2) is 0 Å². The molecule has 0 heterocycles. The second-order valence-corrected chi connectivity index (χ2v) is 6.91. The van der Waals surface area contributed by atoms with Crippen molar-refractivity contribution in [3.63, 3.8) is 0 Å². The molecule has 0 saturated heterocycles. The Hall–Kier alpha value is -0.890. The van der Waals surface area contributed by atoms with Crippen molar-refractivity contribution in [2.24, 2.45) is 5.92 Å². The Morgan fingerprint density at radius 1 is 1.50 bits per heavy atom. The van der Waals surface area contributed by atoms with Crippen molar-refractivity contribution in [2.75, 3.05) is 11.9 Å². The van der Waals surface area contributed by atoms with E-state index in [4.69, 9.17) is 0 Å². The molecular formula is C14H19IN2O3. The molecule has 0 amide bonds. The predicted octanol–water partition coefficient (Wildman–Crippen LogP) is 3.55. The lowest BCUT2D eigenvalue weighted by molar-refractivity contribution is -0.384. The number of aliphatic hydroxyl groups is 1. The summed E-state index contributed by atoms with van der Waals surface area (Å²) in [6, 6.07) is 5.13. The first-order chi connectivity index (χ1) is 9.46. The highest BCUT2D eigenvalue weighted by Crippen LogP contribution is 2.37. The molecule has 1 aliphatic carbocycles. The van der Waals surface area contributed by atoms with Gasteiger partial charge in [-0.3, -0.25) is 10.1 Å². The number of hydrogen-bond acceptors (Lipinski definition) is 4. The Morgan fingerprint density at radius 3 is 2.70 bits per heavy atom. The maximum absolute atomic E-state index is 11.2. The van der Waals surface area contributed by atoms with Crippen molar-refractivity contribution in [3.8, 4) is 0 Å². The summed E-state index contributed by atoms with van der Waals surface area (Å²) in [5.41, 5.74) is 0.145. The van der Waals surface area contributed by atoms with Gasteiger partial charge in [-0.05, 0) is 66.3 Å². The Kier molecular flexibility index (Phi) is 4.85. The normalized spacial score (nSPS) is 26.2. The number of nitrogens with one attached hydrogen (secondary N) is 1. The van der Waals surface area contributed by atoms with Crippen molar-refractivity contribution >= 4 is 34.0 Å². The van der Waals surface area contributed by atoms with Crippen LogP contribution in [0.5, 0.6) is 0 Å². The lowest BCUT2D eigenvalue weighted by atomic mass is 9.77. The van der Waals surface area contributed by atoms with Crippen molar-refractivity contribution in [2.45, 2.75) is 38.1 Å². The second kappa shape index (κ2) is 6.26. The summed E-state index contributed by atoms with van der Waals surface area (Å²) in [6.07, 6.45) is 3.75. The van der Waals surface area contributed by atoms with Crippen LogP contribution in [0.4, 0.5) is 11.4 Å². The van der Waals surface area contributed by atoms with Crippen LogP contribution in [-0.2, 0) is 0 Å². The number of hydrogen-bond donors (Lipinski definition) is 2. The molecule has 0 bridgehead atoms. The molecule has 1 saturated carbocycles. The summed E-state index contributed by atoms with van der Waals surface area (Å²) in [5, 5.41) is 24.1. The van der Waals surface area contributed by atoms with E-state index in [2.05, 4.69) is 34.8 Å². The van der Waals surface area contributed by atoms with Crippen LogP contribution in [0.25, 0.3) is 0 Å². The molecule has 2 rings (SSSR count). The van der Waals surface area contributed by atoms with Crippen molar-refractivity contribution in [1.29, 1.82) is 0 Å². The van der Waals surface area contributed by atoms with Crippen molar-refractivity contribution < 1.29 is 10.0 Å². The molecule has 2 N–H and O–H groups in total. The van der Waals surface area contributed by atoms with Crippen LogP contribution in [0.3, 0.4) is 0 Å². The molecule has 1 aromatic carbocycles. The molecule has 5 nitrogen and oxygen atoms in total. The van der Waals surface area contributed by atoms with E-state index in [0.29, 0.717) is 11.6 Å². The summed E-state index contributed by atoms with van der Waals surface area (Å²) in [5.74, 6) is 0.656. The summed E-state index contributed by atoms with van der Waals surface area (Å²) < 4.78 is 0.829. The first-order valence-electron chi connectivity index (χ1n) is 6.79. The van der Waals surface area contributed by atoms with Crippen LogP contribution in [0, 0.1) is 19.6 Å². The van der Waals surface area contributed by atoms with Gasteiger partial charge in [0.25, 0.3) is 5.69 Å². The minimum Gasteiger partial charge on any atom is -0.394 e. The highest BCUT2D eigenvalue weighted by atomic mass is 127. The number of nitro groups is 1. The number of nitrogens with zero attached hydrogens (tertiary/aromatic N) is 1. The molecule has 6 heteroatoms. The van der Waals surface area contributed by atoms with E-state index in [0.717, 1.165) is 29.3 Å². The van der Waals surface area contributed by atoms with Gasteiger partial charge in [-0.2, -0.15) is 0 Å². The Morgan fingerprint density at radius 2 is 2.15 bits per heavy atom. The fourth-order valence-corrected chi connectivity index (χ4v) is 3.16. The Balaban J connectivity index is 2.26. The van der Waals surface area contributed by atoms with E-state index < -0.39 is 5.54 Å². The lowest BCUT2D eigenvalue weighted by Crippen LogP contribution is -2.45. The molecule has 110 valence electrons. The van der Waals surface area contributed by atoms with E-state index in [1.807, 2.05) is 6.07 Å². The average molecular weight is 390 g/mol. The summed E-state index contributed by atoms with van der Waals surface area (Å²) in [6.45, 7) is 2.21. The minimum absolute atomic E-state index is 0.00284. The number of nitro benzene ring substituents is 1. The number of rotatable bonds is 4. The third-order valence-corrected chi connectivity index (χ3v) is 4.76. The molecule has 0 unspecified atom stereocenters. The van der Waals surface area contributed by atoms with Crippen LogP contribution >= 0.6 is 22.6 Å². The van der Waals surface area contributed by atoms with Crippen molar-refractivity contribution in [3.05, 3.63) is 31.9 Å². The van der Waals surface area contributed by atoms with E-state index in [1.165, 1.54) is 0 Å². The molecular weight excluding hydrogens is 371 g/mol. The molecule has 0 radical (unpaired) electrons. The van der Waals surface area contributed by atoms with Gasteiger partial charge in [0.05, 0.1) is 17.1 Å². The molecule has 0 aliphatic heterocycles. The van der Waals surface area contributed by atoms with Gasteiger partial charge in [-0.15, -0.1) is 0 Å². The largest absolute Gasteiger partial charge is 0.394 e. The number of benzene rings is 1. The van der Waals surface area contributed by atoms with E-state index in [-0.39, 0.29) is 17.2 Å². The number of aliphatic hydroxyl groups excluding tert-OH is 1. The summed E-state index contributed by atoms with van der Waals surface area (Å²) >= 11 is 2.06. The second-order valence-electron chi connectivity index (χ2n) is 5.66. The first kappa shape index (κ1) is 15.5. The fraction of sp³-hybridized carbons (Fsp3) is 0.571. The van der Waals surface area contributed by atoms with Gasteiger partial charge in [-0.1, -0.05) is 6.92 Å². The third kappa shape index (κ3) is 3.41. The highest BCUT2D eigenvalue weighted by Gasteiger charge is 2.35. The predicted molar refractivity (Wildman–Crippen MR) is 86.9 cm³/mol. The van der Waals surface area contributed by atoms with Crippen LogP contribution in [0.1, 0.15) is 32.6 Å². The zero-order valence-electron chi connectivity index (χ0n) is 11.4. The van der Waals surface area contributed by atoms with Crippen LogP contribution < -0.4 is 5.32 Å². The monoisotopic (exact) mass is 390 g/mol. The number of halogens is 1. The summed E-state index contributed by atoms with van der Waals surface area (Å²) in [7, 11) is 0. The number of anilines is 1. The van der Waals surface area contributed by atoms with Gasteiger partial charge >= 0.3 is 0 Å². The van der Waals surface area contributed by atoms with Crippen LogP contribution in [0.15, 0.2) is 18.2 Å². The maximum atomic E-state index is 11.2. The fourth-order valence-electron chi connectivity index (χ4n) is 2.68. The van der Waals surface area contributed by atoms with Gasteiger partial charge in [0.15, 0.2) is 0 Å². The minimum atomic E-state index is -0.427. The molecule has 0 aromatic heterocycles. The Labute approximate surface area is 132 Å². The first-order valence-corrected chi connectivity index (χ1v) is 7.87. The molecule has 1 aromatic rings. The van der Waals surface area contributed by atoms with Gasteiger partial charge in [0.2, 0.25) is 0 Å². The third-order valence-electron chi connectivity index (χ3n) is 4.09. The van der Waals surface area contributed by atoms with Gasteiger partial charge < -0.3 is 10.4 Å². The smallest absolute Gasteiger partial charge is 0.293 e. The van der Waals surface area contributed by atoms with E-state index in [1.54, 1.807) is 12.1 Å². The molecule has 1 aliphatic rings. The SMILES string of the molecule is CC1CCC(CO)(Nc2ccc(I)cc2[N+](=O)[O-])CC1. The standard InChI is InChI=1S/C14H19IN2O3/c1-10-4-6-14(9-18,7-5-10)16-12-3-2-11(15)8-13(12)17(19)20/h2-3,8,10,16,18H,4-7,9H2,1H3. The van der Waals surface area contributed by atoms with Gasteiger partial charge in [0, 0.05) is 9.64 Å². The molecule has 0 spiro atoms. The Bertz CT molecular complexity index is 499. The average Bonchev–Trinajstić information content (AvgIpc) is 2.43. The molecule has 0 atom stereocenters.